The Balaban J connectivity index is 1.73. The molecule has 0 bridgehead atoms. The molecular weight excluding hydrogens is 311 g/mol. The lowest BCUT2D eigenvalue weighted by Crippen LogP contribution is -2.60. The van der Waals surface area contributed by atoms with Gasteiger partial charge in [0.2, 0.25) is 0 Å². The average molecular weight is 336 g/mol. The van der Waals surface area contributed by atoms with Gasteiger partial charge in [-0.1, -0.05) is 12.8 Å². The number of hydrogen-bond donors (Lipinski definition) is 1. The second-order valence-corrected chi connectivity index (χ2v) is 7.04. The highest BCUT2D eigenvalue weighted by Crippen LogP contribution is 2.37. The number of nitrogens with zero attached hydrogens (tertiary/aromatic N) is 3. The van der Waals surface area contributed by atoms with Crippen LogP contribution in [0.1, 0.15) is 25.7 Å². The number of hydrogen-bond acceptors (Lipinski definition) is 4. The largest absolute Gasteiger partial charge is 0.371 e. The lowest BCUT2D eigenvalue weighted by Gasteiger charge is -2.45. The number of amides is 2. The van der Waals surface area contributed by atoms with Crippen LogP contribution in [-0.2, 0) is 4.74 Å². The number of likely N-dealkylation sites (N-methyl/N-ethyl adjacent to an activating group) is 1. The molecule has 1 spiro atoms. The minimum absolute atomic E-state index is 0.00771. The number of halogens is 1. The molecule has 6 nitrogen and oxygen atoms in total. The number of carbonyl (C=O) groups is 1. The summed E-state index contributed by atoms with van der Waals surface area (Å²) in [6.45, 7) is 1.88. The summed E-state index contributed by atoms with van der Waals surface area (Å²) in [5, 5.41) is 2.78. The van der Waals surface area contributed by atoms with Crippen molar-refractivity contribution in [1.82, 2.24) is 14.8 Å². The maximum Gasteiger partial charge on any atom is 0.323 e. The van der Waals surface area contributed by atoms with Crippen molar-refractivity contribution in [3.8, 4) is 0 Å². The quantitative estimate of drug-likeness (QED) is 0.920. The maximum absolute atomic E-state index is 13.0. The third-order valence-corrected chi connectivity index (χ3v) is 4.80. The van der Waals surface area contributed by atoms with Gasteiger partial charge in [0.1, 0.15) is 11.6 Å². The maximum atomic E-state index is 13.0. The minimum atomic E-state index is -0.422. The standard InChI is InChI=1S/C17H25FN4O2/c1-21(2)10-14-11-24-17(7-3-4-8-17)12-22(14)16(23)20-15-6-5-13(18)9-19-15/h5-6,9,14H,3-4,7-8,10-12H2,1-2H3,(H,19,20,23). The molecule has 1 aromatic rings. The number of rotatable bonds is 3. The van der Waals surface area contributed by atoms with Gasteiger partial charge in [0.05, 0.1) is 31.0 Å². The summed E-state index contributed by atoms with van der Waals surface area (Å²) in [5.74, 6) is -0.0632. The molecule has 0 radical (unpaired) electrons. The van der Waals surface area contributed by atoms with E-state index in [-0.39, 0.29) is 17.7 Å². The lowest BCUT2D eigenvalue weighted by atomic mass is 9.97. The Morgan fingerprint density at radius 2 is 2.21 bits per heavy atom. The van der Waals surface area contributed by atoms with Crippen molar-refractivity contribution >= 4 is 11.8 Å². The predicted molar refractivity (Wildman–Crippen MR) is 89.4 cm³/mol. The van der Waals surface area contributed by atoms with Crippen molar-refractivity contribution in [3.05, 3.63) is 24.1 Å². The monoisotopic (exact) mass is 336 g/mol. The first-order valence-corrected chi connectivity index (χ1v) is 8.45. The zero-order valence-corrected chi connectivity index (χ0v) is 14.3. The Labute approximate surface area is 142 Å². The topological polar surface area (TPSA) is 57.7 Å². The Morgan fingerprint density at radius 3 is 2.83 bits per heavy atom. The van der Waals surface area contributed by atoms with Gasteiger partial charge in [-0.15, -0.1) is 0 Å². The molecule has 7 heteroatoms. The molecule has 2 heterocycles. The second kappa shape index (κ2) is 7.03. The van der Waals surface area contributed by atoms with Crippen LogP contribution in [0.5, 0.6) is 0 Å². The molecule has 0 aromatic carbocycles. The molecular formula is C17H25FN4O2. The first-order chi connectivity index (χ1) is 11.5. The van der Waals surface area contributed by atoms with Crippen LogP contribution in [0.15, 0.2) is 18.3 Å². The number of morpholine rings is 1. The Hall–Kier alpha value is -1.73. The first-order valence-electron chi connectivity index (χ1n) is 8.45. The molecule has 1 atom stereocenters. The number of aromatic nitrogens is 1. The molecule has 1 saturated carbocycles. The van der Waals surface area contributed by atoms with Crippen molar-refractivity contribution in [1.29, 1.82) is 0 Å². The zero-order valence-electron chi connectivity index (χ0n) is 14.3. The number of pyridine rings is 1. The number of urea groups is 1. The minimum Gasteiger partial charge on any atom is -0.371 e. The van der Waals surface area contributed by atoms with Crippen LogP contribution >= 0.6 is 0 Å². The van der Waals surface area contributed by atoms with Crippen molar-refractivity contribution in [3.63, 3.8) is 0 Å². The summed E-state index contributed by atoms with van der Waals surface area (Å²) in [4.78, 5) is 20.6. The summed E-state index contributed by atoms with van der Waals surface area (Å²) in [5.41, 5.74) is -0.198. The van der Waals surface area contributed by atoms with Gasteiger partial charge >= 0.3 is 6.03 Å². The van der Waals surface area contributed by atoms with Crippen LogP contribution in [0.3, 0.4) is 0 Å². The van der Waals surface area contributed by atoms with E-state index >= 15 is 0 Å². The molecule has 24 heavy (non-hydrogen) atoms. The molecule has 2 amide bonds. The van der Waals surface area contributed by atoms with Crippen LogP contribution in [0.2, 0.25) is 0 Å². The van der Waals surface area contributed by atoms with Crippen LogP contribution in [0, 0.1) is 5.82 Å². The fraction of sp³-hybridized carbons (Fsp3) is 0.647. The van der Waals surface area contributed by atoms with Gasteiger partial charge in [-0.05, 0) is 39.1 Å². The van der Waals surface area contributed by atoms with Crippen LogP contribution in [0.25, 0.3) is 0 Å². The fourth-order valence-corrected chi connectivity index (χ4v) is 3.61. The van der Waals surface area contributed by atoms with E-state index in [4.69, 9.17) is 4.74 Å². The summed E-state index contributed by atoms with van der Waals surface area (Å²) in [6.07, 6.45) is 5.39. The SMILES string of the molecule is CN(C)CC1COC2(CCCC2)CN1C(=O)Nc1ccc(F)cn1. The van der Waals surface area contributed by atoms with Gasteiger partial charge < -0.3 is 14.5 Å². The summed E-state index contributed by atoms with van der Waals surface area (Å²) in [6, 6.07) is 2.56. The molecule has 1 aliphatic carbocycles. The molecule has 1 aromatic heterocycles. The van der Waals surface area contributed by atoms with E-state index in [2.05, 4.69) is 15.2 Å². The van der Waals surface area contributed by atoms with Crippen LogP contribution in [0.4, 0.5) is 15.0 Å². The Kier molecular flexibility index (Phi) is 5.01. The predicted octanol–water partition coefficient (Wildman–Crippen LogP) is 2.33. The third-order valence-electron chi connectivity index (χ3n) is 4.80. The highest BCUT2D eigenvalue weighted by Gasteiger charge is 2.44. The van der Waals surface area contributed by atoms with E-state index in [1.165, 1.54) is 12.1 Å². The molecule has 1 aliphatic heterocycles. The first kappa shape index (κ1) is 17.1. The van der Waals surface area contributed by atoms with E-state index in [1.807, 2.05) is 19.0 Å². The van der Waals surface area contributed by atoms with Gasteiger partial charge in [0.25, 0.3) is 0 Å². The third kappa shape index (κ3) is 3.84. The zero-order chi connectivity index (χ0) is 17.2. The van der Waals surface area contributed by atoms with Gasteiger partial charge in [-0.2, -0.15) is 0 Å². The molecule has 3 rings (SSSR count). The van der Waals surface area contributed by atoms with E-state index in [1.54, 1.807) is 0 Å². The highest BCUT2D eigenvalue weighted by molar-refractivity contribution is 5.88. The molecule has 2 aliphatic rings. The van der Waals surface area contributed by atoms with Gasteiger partial charge in [0.15, 0.2) is 0 Å². The number of carbonyl (C=O) groups excluding carboxylic acids is 1. The normalized spacial score (nSPS) is 23.0. The van der Waals surface area contributed by atoms with Crippen molar-refractivity contribution in [2.45, 2.75) is 37.3 Å². The smallest absolute Gasteiger partial charge is 0.323 e. The molecule has 1 N–H and O–H groups in total. The van der Waals surface area contributed by atoms with E-state index in [0.717, 1.165) is 38.4 Å². The Bertz CT molecular complexity index is 572. The lowest BCUT2D eigenvalue weighted by molar-refractivity contribution is -0.118. The van der Waals surface area contributed by atoms with Crippen LogP contribution in [-0.4, -0.2) is 66.2 Å². The fourth-order valence-electron chi connectivity index (χ4n) is 3.61. The summed E-state index contributed by atoms with van der Waals surface area (Å²) in [7, 11) is 3.97. The van der Waals surface area contributed by atoms with Gasteiger partial charge in [0, 0.05) is 6.54 Å². The molecule has 1 saturated heterocycles. The van der Waals surface area contributed by atoms with Crippen molar-refractivity contribution in [2.24, 2.45) is 0 Å². The number of anilines is 1. The highest BCUT2D eigenvalue weighted by atomic mass is 19.1. The van der Waals surface area contributed by atoms with E-state index < -0.39 is 5.82 Å². The second-order valence-electron chi connectivity index (χ2n) is 7.04. The van der Waals surface area contributed by atoms with Gasteiger partial charge in [-0.3, -0.25) is 5.32 Å². The average Bonchev–Trinajstić information content (AvgIpc) is 2.99. The Morgan fingerprint density at radius 1 is 1.46 bits per heavy atom. The summed E-state index contributed by atoms with van der Waals surface area (Å²) < 4.78 is 19.1. The molecule has 2 fully saturated rings. The number of nitrogens with one attached hydrogen (secondary N) is 1. The van der Waals surface area contributed by atoms with E-state index in [9.17, 15) is 9.18 Å². The van der Waals surface area contributed by atoms with E-state index in [0.29, 0.717) is 19.0 Å². The van der Waals surface area contributed by atoms with Crippen molar-refractivity contribution < 1.29 is 13.9 Å². The van der Waals surface area contributed by atoms with Crippen molar-refractivity contribution in [2.75, 3.05) is 39.1 Å². The van der Waals surface area contributed by atoms with Crippen LogP contribution < -0.4 is 5.32 Å². The molecule has 1 unspecified atom stereocenters. The summed E-state index contributed by atoms with van der Waals surface area (Å²) >= 11 is 0. The molecule has 132 valence electrons. The number of ether oxygens (including phenoxy) is 1. The van der Waals surface area contributed by atoms with Gasteiger partial charge in [-0.25, -0.2) is 14.2 Å².